The number of aryl methyl sites for hydroxylation is 2. The summed E-state index contributed by atoms with van der Waals surface area (Å²) in [6, 6.07) is 12.2. The smallest absolute Gasteiger partial charge is 0.300 e. The van der Waals surface area contributed by atoms with Crippen LogP contribution >= 0.6 is 11.6 Å². The number of furan rings is 1. The molecule has 4 rings (SSSR count). The van der Waals surface area contributed by atoms with Crippen molar-refractivity contribution in [3.05, 3.63) is 98.0 Å². The van der Waals surface area contributed by atoms with Crippen LogP contribution in [-0.2, 0) is 9.59 Å². The highest BCUT2D eigenvalue weighted by molar-refractivity contribution is 6.51. The van der Waals surface area contributed by atoms with Crippen LogP contribution in [-0.4, -0.2) is 21.7 Å². The van der Waals surface area contributed by atoms with Crippen molar-refractivity contribution in [2.45, 2.75) is 19.9 Å². The molecule has 0 bridgehead atoms. The quantitative estimate of drug-likeness (QED) is 0.194. The van der Waals surface area contributed by atoms with Gasteiger partial charge in [0, 0.05) is 28.4 Å². The third kappa shape index (κ3) is 3.54. The summed E-state index contributed by atoms with van der Waals surface area (Å²) < 4.78 is 5.72. The van der Waals surface area contributed by atoms with E-state index < -0.39 is 28.4 Å². The Labute approximate surface area is 187 Å². The minimum atomic E-state index is -1.04. The predicted octanol–water partition coefficient (Wildman–Crippen LogP) is 5.08. The lowest BCUT2D eigenvalue weighted by Crippen LogP contribution is -2.29. The number of amides is 1. The Bertz CT molecular complexity index is 1290. The highest BCUT2D eigenvalue weighted by atomic mass is 35.5. The van der Waals surface area contributed by atoms with Crippen LogP contribution in [0.5, 0.6) is 0 Å². The standard InChI is InChI=1S/C23H17ClN2O6/c1-12-3-7-16(11-17(12)24)25-20(18-10-4-13(2)32-18)19(22(28)23(25)29)21(27)14-5-8-15(9-6-14)26(30)31/h3-11,20,27H,1-2H3/b21-19-. The fourth-order valence-electron chi connectivity index (χ4n) is 3.60. The van der Waals surface area contributed by atoms with Crippen LogP contribution in [0.2, 0.25) is 5.02 Å². The lowest BCUT2D eigenvalue weighted by Gasteiger charge is -2.24. The zero-order valence-corrected chi connectivity index (χ0v) is 17.8. The fourth-order valence-corrected chi connectivity index (χ4v) is 3.77. The highest BCUT2D eigenvalue weighted by Crippen LogP contribution is 2.43. The fraction of sp³-hybridized carbons (Fsp3) is 0.130. The van der Waals surface area contributed by atoms with Crippen LogP contribution in [0.4, 0.5) is 11.4 Å². The number of nitro benzene ring substituents is 1. The number of Topliss-reactive ketones (excluding diaryl/α,β-unsaturated/α-hetero) is 1. The molecule has 2 heterocycles. The Hall–Kier alpha value is -3.91. The molecule has 162 valence electrons. The Kier molecular flexibility index (Phi) is 5.31. The van der Waals surface area contributed by atoms with Gasteiger partial charge in [0.1, 0.15) is 23.3 Å². The van der Waals surface area contributed by atoms with E-state index >= 15 is 0 Å². The van der Waals surface area contributed by atoms with Crippen LogP contribution < -0.4 is 4.90 Å². The molecule has 8 nitrogen and oxygen atoms in total. The number of nitro groups is 1. The van der Waals surface area contributed by atoms with Gasteiger partial charge in [-0.2, -0.15) is 0 Å². The van der Waals surface area contributed by atoms with Crippen molar-refractivity contribution < 1.29 is 24.0 Å². The number of anilines is 1. The summed E-state index contributed by atoms with van der Waals surface area (Å²) >= 11 is 6.25. The lowest BCUT2D eigenvalue weighted by atomic mass is 9.99. The number of hydrogen-bond acceptors (Lipinski definition) is 6. The van der Waals surface area contributed by atoms with Crippen LogP contribution in [0.3, 0.4) is 0 Å². The van der Waals surface area contributed by atoms with E-state index in [1.165, 1.54) is 29.2 Å². The van der Waals surface area contributed by atoms with E-state index in [1.807, 2.05) is 6.92 Å². The molecule has 32 heavy (non-hydrogen) atoms. The van der Waals surface area contributed by atoms with Crippen molar-refractivity contribution in [2.75, 3.05) is 4.90 Å². The zero-order chi connectivity index (χ0) is 23.2. The minimum Gasteiger partial charge on any atom is -0.507 e. The first kappa shape index (κ1) is 21.3. The number of aliphatic hydroxyl groups is 1. The van der Waals surface area contributed by atoms with Gasteiger partial charge in [-0.3, -0.25) is 24.6 Å². The normalized spacial score (nSPS) is 17.7. The molecular formula is C23H17ClN2O6. The van der Waals surface area contributed by atoms with Crippen molar-refractivity contribution in [2.24, 2.45) is 0 Å². The second-order valence-electron chi connectivity index (χ2n) is 7.35. The Morgan fingerprint density at radius 3 is 2.34 bits per heavy atom. The van der Waals surface area contributed by atoms with Gasteiger partial charge < -0.3 is 9.52 Å². The summed E-state index contributed by atoms with van der Waals surface area (Å²) in [5, 5.41) is 22.3. The van der Waals surface area contributed by atoms with Crippen LogP contribution in [0.25, 0.3) is 5.76 Å². The van der Waals surface area contributed by atoms with Crippen LogP contribution in [0.15, 0.2) is 64.6 Å². The van der Waals surface area contributed by atoms with Crippen molar-refractivity contribution >= 4 is 40.4 Å². The Morgan fingerprint density at radius 2 is 1.78 bits per heavy atom. The van der Waals surface area contributed by atoms with Crippen molar-refractivity contribution in [3.63, 3.8) is 0 Å². The molecule has 1 unspecified atom stereocenters. The van der Waals surface area contributed by atoms with Gasteiger partial charge in [-0.25, -0.2) is 0 Å². The Balaban J connectivity index is 1.91. The summed E-state index contributed by atoms with van der Waals surface area (Å²) in [6.07, 6.45) is 0. The van der Waals surface area contributed by atoms with Gasteiger partial charge in [0.2, 0.25) is 0 Å². The van der Waals surface area contributed by atoms with Crippen molar-refractivity contribution in [1.82, 2.24) is 0 Å². The minimum absolute atomic E-state index is 0.156. The largest absolute Gasteiger partial charge is 0.507 e. The first-order chi connectivity index (χ1) is 15.2. The maximum absolute atomic E-state index is 13.0. The molecule has 0 spiro atoms. The highest BCUT2D eigenvalue weighted by Gasteiger charge is 2.48. The zero-order valence-electron chi connectivity index (χ0n) is 17.0. The van der Waals surface area contributed by atoms with Gasteiger partial charge in [-0.1, -0.05) is 17.7 Å². The van der Waals surface area contributed by atoms with Gasteiger partial charge in [0.15, 0.2) is 0 Å². The molecule has 1 saturated heterocycles. The molecule has 0 radical (unpaired) electrons. The molecule has 3 aromatic rings. The first-order valence-corrected chi connectivity index (χ1v) is 9.95. The van der Waals surface area contributed by atoms with E-state index in [-0.39, 0.29) is 22.6 Å². The predicted molar refractivity (Wildman–Crippen MR) is 118 cm³/mol. The van der Waals surface area contributed by atoms with E-state index in [4.69, 9.17) is 16.0 Å². The molecule has 1 aliphatic rings. The lowest BCUT2D eigenvalue weighted by molar-refractivity contribution is -0.384. The number of nitrogens with zero attached hydrogens (tertiary/aromatic N) is 2. The van der Waals surface area contributed by atoms with E-state index in [1.54, 1.807) is 37.3 Å². The van der Waals surface area contributed by atoms with Crippen LogP contribution in [0.1, 0.15) is 28.7 Å². The number of non-ortho nitro benzene ring substituents is 1. The Morgan fingerprint density at radius 1 is 1.09 bits per heavy atom. The summed E-state index contributed by atoms with van der Waals surface area (Å²) in [5.74, 6) is -1.38. The molecule has 1 aromatic heterocycles. The second kappa shape index (κ2) is 7.97. The molecule has 0 saturated carbocycles. The average molecular weight is 453 g/mol. The van der Waals surface area contributed by atoms with Gasteiger partial charge in [0.05, 0.1) is 10.5 Å². The molecular weight excluding hydrogens is 436 g/mol. The van der Waals surface area contributed by atoms with Gasteiger partial charge in [-0.05, 0) is 55.8 Å². The monoisotopic (exact) mass is 452 g/mol. The summed E-state index contributed by atoms with van der Waals surface area (Å²) in [7, 11) is 0. The summed E-state index contributed by atoms with van der Waals surface area (Å²) in [4.78, 5) is 37.6. The number of ketones is 1. The van der Waals surface area contributed by atoms with Gasteiger partial charge >= 0.3 is 0 Å². The van der Waals surface area contributed by atoms with Gasteiger partial charge in [-0.15, -0.1) is 0 Å². The second-order valence-corrected chi connectivity index (χ2v) is 7.76. The number of carbonyl (C=O) groups excluding carboxylic acids is 2. The molecule has 1 N–H and O–H groups in total. The number of halogens is 1. The topological polar surface area (TPSA) is 114 Å². The van der Waals surface area contributed by atoms with Crippen molar-refractivity contribution in [3.8, 4) is 0 Å². The number of hydrogen-bond donors (Lipinski definition) is 1. The molecule has 0 aliphatic carbocycles. The van der Waals surface area contributed by atoms with E-state index in [2.05, 4.69) is 0 Å². The van der Waals surface area contributed by atoms with Crippen LogP contribution in [0, 0.1) is 24.0 Å². The average Bonchev–Trinajstić information content (AvgIpc) is 3.31. The molecule has 2 aromatic carbocycles. The summed E-state index contributed by atoms with van der Waals surface area (Å²) in [5.41, 5.74) is 0.959. The maximum Gasteiger partial charge on any atom is 0.300 e. The van der Waals surface area contributed by atoms with E-state index in [0.717, 1.165) is 5.56 Å². The third-order valence-corrected chi connectivity index (χ3v) is 5.67. The van der Waals surface area contributed by atoms with E-state index in [0.29, 0.717) is 16.5 Å². The van der Waals surface area contributed by atoms with E-state index in [9.17, 15) is 24.8 Å². The molecule has 9 heteroatoms. The van der Waals surface area contributed by atoms with Crippen molar-refractivity contribution in [1.29, 1.82) is 0 Å². The molecule has 1 aliphatic heterocycles. The first-order valence-electron chi connectivity index (χ1n) is 9.57. The molecule has 1 atom stereocenters. The number of benzene rings is 2. The number of rotatable bonds is 4. The SMILES string of the molecule is Cc1ccc(C2/C(=C(/O)c3ccc([N+](=O)[O-])cc3)C(=O)C(=O)N2c2ccc(C)c(Cl)c2)o1. The number of carbonyl (C=O) groups is 2. The summed E-state index contributed by atoms with van der Waals surface area (Å²) in [6.45, 7) is 3.52. The van der Waals surface area contributed by atoms with Gasteiger partial charge in [0.25, 0.3) is 17.4 Å². The third-order valence-electron chi connectivity index (χ3n) is 5.26. The maximum atomic E-state index is 13.0. The molecule has 1 fully saturated rings. The molecule has 1 amide bonds. The number of aliphatic hydroxyl groups excluding tert-OH is 1.